The van der Waals surface area contributed by atoms with Gasteiger partial charge in [0.25, 0.3) is 0 Å². The summed E-state index contributed by atoms with van der Waals surface area (Å²) in [5.41, 5.74) is 0. The normalized spacial score (nSPS) is 13.3. The Morgan fingerprint density at radius 1 is 1.33 bits per heavy atom. The molecule has 2 nitrogen and oxygen atoms in total. The Morgan fingerprint density at radius 3 is 2.25 bits per heavy atom. The van der Waals surface area contributed by atoms with E-state index in [1.807, 2.05) is 6.08 Å². The van der Waals surface area contributed by atoms with Crippen molar-refractivity contribution in [1.82, 2.24) is 4.67 Å². The van der Waals surface area contributed by atoms with Gasteiger partial charge in [-0.1, -0.05) is 26.8 Å². The lowest BCUT2D eigenvalue weighted by Crippen LogP contribution is -2.19. The van der Waals surface area contributed by atoms with Crippen LogP contribution in [0.1, 0.15) is 20.8 Å². The summed E-state index contributed by atoms with van der Waals surface area (Å²) in [7, 11) is -0.366. The molecule has 0 aromatic heterocycles. The van der Waals surface area contributed by atoms with Gasteiger partial charge >= 0.3 is 0 Å². The van der Waals surface area contributed by atoms with E-state index in [4.69, 9.17) is 4.52 Å². The first kappa shape index (κ1) is 12.1. The first-order valence-corrected chi connectivity index (χ1v) is 5.96. The maximum Gasteiger partial charge on any atom is 0.104 e. The van der Waals surface area contributed by atoms with Crippen molar-refractivity contribution < 1.29 is 4.52 Å². The fourth-order valence-electron chi connectivity index (χ4n) is 1.05. The van der Waals surface area contributed by atoms with Gasteiger partial charge in [0.1, 0.15) is 8.30 Å². The van der Waals surface area contributed by atoms with Gasteiger partial charge in [-0.2, -0.15) is 0 Å². The van der Waals surface area contributed by atoms with Gasteiger partial charge in [0.15, 0.2) is 0 Å². The van der Waals surface area contributed by atoms with E-state index in [0.717, 1.165) is 19.3 Å². The predicted octanol–water partition coefficient (Wildman–Crippen LogP) is 2.86. The van der Waals surface area contributed by atoms with Gasteiger partial charge in [-0.25, -0.2) is 0 Å². The molecule has 1 unspecified atom stereocenters. The third-order valence-corrected chi connectivity index (χ3v) is 3.84. The van der Waals surface area contributed by atoms with Crippen LogP contribution in [0.5, 0.6) is 0 Å². The summed E-state index contributed by atoms with van der Waals surface area (Å²) in [6.45, 7) is 13.0. The lowest BCUT2D eigenvalue weighted by Gasteiger charge is -2.27. The van der Waals surface area contributed by atoms with Crippen molar-refractivity contribution in [2.24, 2.45) is 0 Å². The minimum atomic E-state index is -0.366. The van der Waals surface area contributed by atoms with E-state index in [1.54, 1.807) is 0 Å². The Balaban J connectivity index is 3.83. The molecule has 1 atom stereocenters. The van der Waals surface area contributed by atoms with Gasteiger partial charge in [-0.15, -0.1) is 6.58 Å². The van der Waals surface area contributed by atoms with Crippen molar-refractivity contribution in [1.29, 1.82) is 0 Å². The highest BCUT2D eigenvalue weighted by molar-refractivity contribution is 7.49. The van der Waals surface area contributed by atoms with Crippen molar-refractivity contribution in [3.63, 3.8) is 0 Å². The summed E-state index contributed by atoms with van der Waals surface area (Å²) < 4.78 is 8.03. The van der Waals surface area contributed by atoms with Crippen molar-refractivity contribution in [2.45, 2.75) is 20.8 Å². The fraction of sp³-hybridized carbons (Fsp3) is 0.778. The molecule has 0 aromatic rings. The molecular weight excluding hydrogens is 169 g/mol. The largest absolute Gasteiger partial charge is 0.340 e. The molecule has 3 heteroatoms. The summed E-state index contributed by atoms with van der Waals surface area (Å²) in [4.78, 5) is 0. The van der Waals surface area contributed by atoms with Gasteiger partial charge in [-0.3, -0.25) is 4.67 Å². The molecule has 0 aliphatic carbocycles. The van der Waals surface area contributed by atoms with Crippen molar-refractivity contribution >= 4 is 8.30 Å². The molecule has 0 aliphatic heterocycles. The van der Waals surface area contributed by atoms with Crippen molar-refractivity contribution in [3.8, 4) is 0 Å². The topological polar surface area (TPSA) is 12.5 Å². The lowest BCUT2D eigenvalue weighted by molar-refractivity contribution is 0.347. The minimum Gasteiger partial charge on any atom is -0.340 e. The standard InChI is InChI=1S/C9H20NOP/c1-5-9-11-12(8-4)10(6-2)7-3/h5H,1,6-9H2,2-4H3. The van der Waals surface area contributed by atoms with E-state index < -0.39 is 0 Å². The summed E-state index contributed by atoms with van der Waals surface area (Å²) in [5.74, 6) is 0. The van der Waals surface area contributed by atoms with Gasteiger partial charge in [0.05, 0.1) is 6.61 Å². The van der Waals surface area contributed by atoms with Gasteiger partial charge < -0.3 is 4.52 Å². The summed E-state index contributed by atoms with van der Waals surface area (Å²) >= 11 is 0. The molecule has 0 amide bonds. The first-order chi connectivity index (χ1) is 5.79. The Bertz CT molecular complexity index is 115. The molecule has 0 fully saturated rings. The molecular formula is C9H20NOP. The van der Waals surface area contributed by atoms with Gasteiger partial charge in [0, 0.05) is 19.3 Å². The van der Waals surface area contributed by atoms with Crippen LogP contribution in [-0.2, 0) is 4.52 Å². The molecule has 0 spiro atoms. The second kappa shape index (κ2) is 7.72. The van der Waals surface area contributed by atoms with Crippen LogP contribution < -0.4 is 0 Å². The molecule has 0 heterocycles. The molecule has 0 aliphatic rings. The molecule has 0 saturated carbocycles. The Hall–Kier alpha value is 0.0900. The van der Waals surface area contributed by atoms with Crippen LogP contribution in [0, 0.1) is 0 Å². The zero-order valence-electron chi connectivity index (χ0n) is 8.42. The summed E-state index contributed by atoms with van der Waals surface area (Å²) in [6, 6.07) is 0. The second-order valence-corrected chi connectivity index (χ2v) is 4.55. The van der Waals surface area contributed by atoms with Crippen LogP contribution in [0.4, 0.5) is 0 Å². The molecule has 0 radical (unpaired) electrons. The van der Waals surface area contributed by atoms with E-state index in [1.165, 1.54) is 0 Å². The molecule has 0 N–H and O–H groups in total. The van der Waals surface area contributed by atoms with Gasteiger partial charge in [-0.05, 0) is 0 Å². The van der Waals surface area contributed by atoms with Crippen molar-refractivity contribution in [2.75, 3.05) is 25.9 Å². The molecule has 0 aromatic carbocycles. The zero-order valence-corrected chi connectivity index (χ0v) is 9.31. The fourth-order valence-corrected chi connectivity index (χ4v) is 2.71. The van der Waals surface area contributed by atoms with Gasteiger partial charge in [0.2, 0.25) is 0 Å². The first-order valence-electron chi connectivity index (χ1n) is 4.56. The maximum absolute atomic E-state index is 5.66. The van der Waals surface area contributed by atoms with E-state index in [-0.39, 0.29) is 8.30 Å². The zero-order chi connectivity index (χ0) is 9.40. The smallest absolute Gasteiger partial charge is 0.104 e. The number of hydrogen-bond acceptors (Lipinski definition) is 2. The minimum absolute atomic E-state index is 0.366. The second-order valence-electron chi connectivity index (χ2n) is 2.39. The third-order valence-electron chi connectivity index (χ3n) is 1.66. The van der Waals surface area contributed by atoms with Crippen LogP contribution in [0.2, 0.25) is 0 Å². The lowest BCUT2D eigenvalue weighted by atomic mass is 10.7. The third kappa shape index (κ3) is 4.20. The van der Waals surface area contributed by atoms with Crippen LogP contribution in [0.3, 0.4) is 0 Å². The van der Waals surface area contributed by atoms with E-state index >= 15 is 0 Å². The van der Waals surface area contributed by atoms with Crippen LogP contribution in [0.25, 0.3) is 0 Å². The molecule has 72 valence electrons. The molecule has 12 heavy (non-hydrogen) atoms. The molecule has 0 rings (SSSR count). The Morgan fingerprint density at radius 2 is 1.92 bits per heavy atom. The SMILES string of the molecule is C=CCOP(CC)N(CC)CC. The summed E-state index contributed by atoms with van der Waals surface area (Å²) in [6.07, 6.45) is 2.92. The highest BCUT2D eigenvalue weighted by atomic mass is 31.2. The van der Waals surface area contributed by atoms with Crippen LogP contribution >= 0.6 is 8.30 Å². The quantitative estimate of drug-likeness (QED) is 0.451. The average Bonchev–Trinajstić information content (AvgIpc) is 2.12. The monoisotopic (exact) mass is 189 g/mol. The average molecular weight is 189 g/mol. The van der Waals surface area contributed by atoms with E-state index in [0.29, 0.717) is 6.61 Å². The van der Waals surface area contributed by atoms with Crippen LogP contribution in [-0.4, -0.2) is 30.5 Å². The molecule has 0 bridgehead atoms. The van der Waals surface area contributed by atoms with E-state index in [2.05, 4.69) is 32.0 Å². The maximum atomic E-state index is 5.66. The van der Waals surface area contributed by atoms with E-state index in [9.17, 15) is 0 Å². The molecule has 0 saturated heterocycles. The highest BCUT2D eigenvalue weighted by Crippen LogP contribution is 2.40. The van der Waals surface area contributed by atoms with Crippen molar-refractivity contribution in [3.05, 3.63) is 12.7 Å². The Kier molecular flexibility index (Phi) is 7.78. The highest BCUT2D eigenvalue weighted by Gasteiger charge is 2.12. The Labute approximate surface area is 77.5 Å². The number of nitrogens with zero attached hydrogens (tertiary/aromatic N) is 1. The predicted molar refractivity (Wildman–Crippen MR) is 56.5 cm³/mol. The number of hydrogen-bond donors (Lipinski definition) is 0. The summed E-state index contributed by atoms with van der Waals surface area (Å²) in [5, 5.41) is 0. The number of rotatable bonds is 7. The van der Waals surface area contributed by atoms with Crippen LogP contribution in [0.15, 0.2) is 12.7 Å².